The Morgan fingerprint density at radius 2 is 1.69 bits per heavy atom. The lowest BCUT2D eigenvalue weighted by atomic mass is 10.1. The van der Waals surface area contributed by atoms with Crippen molar-refractivity contribution in [2.24, 2.45) is 0 Å². The van der Waals surface area contributed by atoms with E-state index in [0.29, 0.717) is 30.2 Å². The Balaban J connectivity index is 1.46. The highest BCUT2D eigenvalue weighted by molar-refractivity contribution is 8.00. The highest BCUT2D eigenvalue weighted by Gasteiger charge is 2.23. The van der Waals surface area contributed by atoms with Gasteiger partial charge in [-0.2, -0.15) is 0 Å². The lowest BCUT2D eigenvalue weighted by molar-refractivity contribution is 0.0672. The van der Waals surface area contributed by atoms with Crippen molar-refractivity contribution >= 4 is 35.1 Å². The van der Waals surface area contributed by atoms with Crippen LogP contribution in [0.2, 0.25) is 5.02 Å². The first-order valence-corrected chi connectivity index (χ1v) is 12.9. The molecule has 0 unspecified atom stereocenters. The van der Waals surface area contributed by atoms with Gasteiger partial charge in [0.25, 0.3) is 5.91 Å². The molecule has 7 heteroatoms. The van der Waals surface area contributed by atoms with E-state index in [4.69, 9.17) is 11.6 Å². The fourth-order valence-corrected chi connectivity index (χ4v) is 5.07. The van der Waals surface area contributed by atoms with Gasteiger partial charge in [0.05, 0.1) is 6.54 Å². The summed E-state index contributed by atoms with van der Waals surface area (Å²) in [5.41, 5.74) is 3.87. The summed E-state index contributed by atoms with van der Waals surface area (Å²) in [4.78, 5) is 22.6. The van der Waals surface area contributed by atoms with Crippen LogP contribution in [0.5, 0.6) is 0 Å². The van der Waals surface area contributed by atoms with Gasteiger partial charge in [-0.3, -0.25) is 9.78 Å². The summed E-state index contributed by atoms with van der Waals surface area (Å²) in [6.45, 7) is 11.2. The molecule has 2 heterocycles. The molecule has 0 bridgehead atoms. The smallest absolute Gasteiger partial charge is 0.253 e. The Bertz CT molecular complexity index is 1200. The number of aromatic nitrogens is 1. The monoisotopic (exact) mass is 516 g/mol. The standard InChI is InChI=1S/C29H29ClN4OS/c1-3-6-26(4-2)32-17-19-33(20-18-32)29(35)24-10-14-27(15-11-24)34(36-28-7-5-16-31-21-28)22-23-8-12-25(30)13-9-23/h3-16,21H,1-2,17-20,22H2/b26-6+. The van der Waals surface area contributed by atoms with Crippen LogP contribution in [0.25, 0.3) is 0 Å². The van der Waals surface area contributed by atoms with Crippen LogP contribution in [-0.4, -0.2) is 46.9 Å². The number of amides is 1. The Kier molecular flexibility index (Phi) is 8.87. The minimum Gasteiger partial charge on any atom is -0.368 e. The number of carbonyl (C=O) groups is 1. The summed E-state index contributed by atoms with van der Waals surface area (Å²) in [5.74, 6) is 0.0539. The molecule has 3 aromatic rings. The second-order valence-corrected chi connectivity index (χ2v) is 9.83. The minimum absolute atomic E-state index is 0.0539. The summed E-state index contributed by atoms with van der Waals surface area (Å²) in [6.07, 6.45) is 9.15. The molecule has 0 radical (unpaired) electrons. The van der Waals surface area contributed by atoms with Crippen molar-refractivity contribution in [2.45, 2.75) is 11.4 Å². The third-order valence-electron chi connectivity index (χ3n) is 5.92. The number of benzene rings is 2. The van der Waals surface area contributed by atoms with Crippen molar-refractivity contribution in [3.63, 3.8) is 0 Å². The van der Waals surface area contributed by atoms with E-state index in [1.54, 1.807) is 24.2 Å². The summed E-state index contributed by atoms with van der Waals surface area (Å²) >= 11 is 7.68. The number of anilines is 1. The normalized spacial score (nSPS) is 13.9. The molecule has 0 saturated carbocycles. The molecular weight excluding hydrogens is 488 g/mol. The third kappa shape index (κ3) is 6.59. The average molecular weight is 517 g/mol. The van der Waals surface area contributed by atoms with E-state index in [1.165, 1.54) is 0 Å². The molecule has 0 aliphatic carbocycles. The second kappa shape index (κ2) is 12.5. The van der Waals surface area contributed by atoms with Gasteiger partial charge in [-0.25, -0.2) is 0 Å². The van der Waals surface area contributed by atoms with Crippen LogP contribution in [-0.2, 0) is 6.54 Å². The molecule has 1 aliphatic heterocycles. The van der Waals surface area contributed by atoms with Crippen LogP contribution in [0.3, 0.4) is 0 Å². The minimum atomic E-state index is 0.0539. The van der Waals surface area contributed by atoms with Crippen LogP contribution in [0.4, 0.5) is 5.69 Å². The predicted octanol–water partition coefficient (Wildman–Crippen LogP) is 6.46. The molecule has 4 rings (SSSR count). The topological polar surface area (TPSA) is 39.7 Å². The van der Waals surface area contributed by atoms with Crippen molar-refractivity contribution in [1.82, 2.24) is 14.8 Å². The molecule has 5 nitrogen and oxygen atoms in total. The summed E-state index contributed by atoms with van der Waals surface area (Å²) in [7, 11) is 0. The first-order valence-electron chi connectivity index (χ1n) is 11.8. The number of hydrogen-bond acceptors (Lipinski definition) is 5. The van der Waals surface area contributed by atoms with Crippen LogP contribution in [0.1, 0.15) is 15.9 Å². The molecule has 0 N–H and O–H groups in total. The van der Waals surface area contributed by atoms with Gasteiger partial charge in [0, 0.05) is 65.4 Å². The van der Waals surface area contributed by atoms with Crippen molar-refractivity contribution < 1.29 is 4.79 Å². The fraction of sp³-hybridized carbons (Fsp3) is 0.172. The van der Waals surface area contributed by atoms with Gasteiger partial charge in [-0.1, -0.05) is 43.0 Å². The molecule has 184 valence electrons. The summed E-state index contributed by atoms with van der Waals surface area (Å²) < 4.78 is 2.19. The molecule has 0 spiro atoms. The first-order chi connectivity index (χ1) is 17.6. The predicted molar refractivity (Wildman–Crippen MR) is 150 cm³/mol. The maximum absolute atomic E-state index is 13.2. The van der Waals surface area contributed by atoms with Gasteiger partial charge in [0.2, 0.25) is 0 Å². The number of hydrogen-bond donors (Lipinski definition) is 0. The van der Waals surface area contributed by atoms with Gasteiger partial charge in [0.15, 0.2) is 0 Å². The maximum atomic E-state index is 13.2. The lowest BCUT2D eigenvalue weighted by Gasteiger charge is -2.36. The van der Waals surface area contributed by atoms with Crippen molar-refractivity contribution in [3.05, 3.63) is 126 Å². The quantitative estimate of drug-likeness (QED) is 0.241. The molecular formula is C29H29ClN4OS. The van der Waals surface area contributed by atoms with Crippen LogP contribution in [0, 0.1) is 0 Å². The largest absolute Gasteiger partial charge is 0.368 e. The zero-order chi connectivity index (χ0) is 25.3. The Morgan fingerprint density at radius 1 is 1.00 bits per heavy atom. The number of nitrogens with zero attached hydrogens (tertiary/aromatic N) is 4. The Labute approximate surface area is 222 Å². The van der Waals surface area contributed by atoms with E-state index in [2.05, 4.69) is 27.3 Å². The molecule has 2 aromatic carbocycles. The van der Waals surface area contributed by atoms with E-state index in [9.17, 15) is 4.79 Å². The van der Waals surface area contributed by atoms with Gasteiger partial charge in [-0.15, -0.1) is 0 Å². The lowest BCUT2D eigenvalue weighted by Crippen LogP contribution is -2.48. The number of allylic oxidation sites excluding steroid dienone is 3. The summed E-state index contributed by atoms with van der Waals surface area (Å²) in [5, 5.41) is 0.714. The second-order valence-electron chi connectivity index (χ2n) is 8.30. The van der Waals surface area contributed by atoms with E-state index >= 15 is 0 Å². The van der Waals surface area contributed by atoms with Crippen molar-refractivity contribution in [2.75, 3.05) is 30.5 Å². The molecule has 1 amide bonds. The van der Waals surface area contributed by atoms with Crippen LogP contribution in [0.15, 0.2) is 115 Å². The van der Waals surface area contributed by atoms with E-state index in [1.807, 2.05) is 83.9 Å². The molecule has 0 atom stereocenters. The zero-order valence-electron chi connectivity index (χ0n) is 20.1. The fourth-order valence-electron chi connectivity index (χ4n) is 4.00. The number of rotatable bonds is 9. The van der Waals surface area contributed by atoms with E-state index < -0.39 is 0 Å². The first kappa shape index (κ1) is 25.6. The van der Waals surface area contributed by atoms with E-state index in [-0.39, 0.29) is 5.91 Å². The van der Waals surface area contributed by atoms with Gasteiger partial charge in [-0.05, 0) is 78.2 Å². The average Bonchev–Trinajstić information content (AvgIpc) is 2.93. The van der Waals surface area contributed by atoms with Gasteiger partial charge in [0.1, 0.15) is 0 Å². The van der Waals surface area contributed by atoms with Crippen molar-refractivity contribution in [3.8, 4) is 0 Å². The van der Waals surface area contributed by atoms with Crippen LogP contribution >= 0.6 is 23.5 Å². The van der Waals surface area contributed by atoms with Gasteiger partial charge < -0.3 is 14.1 Å². The number of halogens is 1. The molecule has 1 saturated heterocycles. The highest BCUT2D eigenvalue weighted by Crippen LogP contribution is 2.31. The SMILES string of the molecule is C=C/C=C(\C=C)N1CCN(C(=O)c2ccc(N(Cc3ccc(Cl)cc3)Sc3cccnc3)cc2)CC1. The Morgan fingerprint density at radius 3 is 2.31 bits per heavy atom. The van der Waals surface area contributed by atoms with Crippen molar-refractivity contribution in [1.29, 1.82) is 0 Å². The number of piperazine rings is 1. The zero-order valence-corrected chi connectivity index (χ0v) is 21.7. The van der Waals surface area contributed by atoms with Gasteiger partial charge >= 0.3 is 0 Å². The maximum Gasteiger partial charge on any atom is 0.253 e. The van der Waals surface area contributed by atoms with Crippen LogP contribution < -0.4 is 4.31 Å². The molecule has 1 aliphatic rings. The molecule has 36 heavy (non-hydrogen) atoms. The third-order valence-corrected chi connectivity index (χ3v) is 7.19. The number of pyridine rings is 1. The molecule has 1 aromatic heterocycles. The highest BCUT2D eigenvalue weighted by atomic mass is 35.5. The number of carbonyl (C=O) groups excluding carboxylic acids is 1. The molecule has 1 fully saturated rings. The summed E-state index contributed by atoms with van der Waals surface area (Å²) in [6, 6.07) is 19.6. The Hall–Kier alpha value is -3.48. The van der Waals surface area contributed by atoms with E-state index in [0.717, 1.165) is 34.9 Å².